The largest absolute Gasteiger partial charge is 0.493 e. The lowest BCUT2D eigenvalue weighted by Crippen LogP contribution is -2.38. The average molecular weight is 471 g/mol. The van der Waals surface area contributed by atoms with Crippen LogP contribution in [0.25, 0.3) is 0 Å². The number of amides is 3. The van der Waals surface area contributed by atoms with Gasteiger partial charge in [-0.1, -0.05) is 44.9 Å². The number of aryl methyl sites for hydroxylation is 1. The SMILES string of the molecule is CCCCCOC(=O)N1C(=O)SC(Cc2ccc(OCCc3ccc(CC)cn3)cc2)C1=O. The standard InChI is InChI=1S/C25H30N2O5S/c1-3-5-6-14-32-24(29)27-23(28)22(33-25(27)30)16-19-8-11-21(12-9-19)31-15-13-20-10-7-18(4-2)17-26-20/h7-12,17,22H,3-6,13-16H2,1-2H3. The summed E-state index contributed by atoms with van der Waals surface area (Å²) in [6, 6.07) is 11.5. The van der Waals surface area contributed by atoms with Crippen LogP contribution in [0.15, 0.2) is 42.6 Å². The van der Waals surface area contributed by atoms with E-state index in [0.717, 1.165) is 48.0 Å². The number of imide groups is 3. The van der Waals surface area contributed by atoms with Gasteiger partial charge >= 0.3 is 6.09 Å². The van der Waals surface area contributed by atoms with Crippen molar-refractivity contribution in [3.8, 4) is 5.75 Å². The minimum atomic E-state index is -0.876. The van der Waals surface area contributed by atoms with Crippen LogP contribution >= 0.6 is 11.8 Å². The third-order valence-corrected chi connectivity index (χ3v) is 6.38. The number of rotatable bonds is 11. The fraction of sp³-hybridized carbons (Fsp3) is 0.440. The second-order valence-electron chi connectivity index (χ2n) is 7.83. The number of hydrogen-bond donors (Lipinski definition) is 0. The lowest BCUT2D eigenvalue weighted by Gasteiger charge is -2.12. The molecule has 8 heteroatoms. The van der Waals surface area contributed by atoms with Gasteiger partial charge in [0.2, 0.25) is 0 Å². The van der Waals surface area contributed by atoms with Gasteiger partial charge in [0.25, 0.3) is 11.1 Å². The Bertz CT molecular complexity index is 946. The zero-order valence-corrected chi connectivity index (χ0v) is 19.9. The molecule has 33 heavy (non-hydrogen) atoms. The summed E-state index contributed by atoms with van der Waals surface area (Å²) >= 11 is 0.865. The molecule has 3 rings (SSSR count). The zero-order valence-electron chi connectivity index (χ0n) is 19.1. The van der Waals surface area contributed by atoms with Crippen molar-refractivity contribution in [1.82, 2.24) is 9.88 Å². The van der Waals surface area contributed by atoms with E-state index < -0.39 is 22.5 Å². The van der Waals surface area contributed by atoms with E-state index >= 15 is 0 Å². The first-order valence-corrected chi connectivity index (χ1v) is 12.3. The van der Waals surface area contributed by atoms with E-state index in [9.17, 15) is 14.4 Å². The summed E-state index contributed by atoms with van der Waals surface area (Å²) < 4.78 is 10.9. The van der Waals surface area contributed by atoms with Gasteiger partial charge in [0.1, 0.15) is 5.75 Å². The number of hydrogen-bond acceptors (Lipinski definition) is 7. The number of carbonyl (C=O) groups excluding carboxylic acids is 3. The molecule has 7 nitrogen and oxygen atoms in total. The summed E-state index contributed by atoms with van der Waals surface area (Å²) in [6.45, 7) is 4.86. The highest BCUT2D eigenvalue weighted by Crippen LogP contribution is 2.30. The molecule has 0 aliphatic carbocycles. The first kappa shape index (κ1) is 24.8. The Labute approximate surface area is 198 Å². The van der Waals surface area contributed by atoms with Gasteiger partial charge < -0.3 is 9.47 Å². The predicted molar refractivity (Wildman–Crippen MR) is 127 cm³/mol. The van der Waals surface area contributed by atoms with Crippen LogP contribution in [0.4, 0.5) is 9.59 Å². The predicted octanol–water partition coefficient (Wildman–Crippen LogP) is 5.20. The normalized spacial score (nSPS) is 15.7. The maximum Gasteiger partial charge on any atom is 0.424 e. The molecule has 3 amide bonds. The van der Waals surface area contributed by atoms with Gasteiger partial charge in [-0.2, -0.15) is 4.90 Å². The summed E-state index contributed by atoms with van der Waals surface area (Å²) in [5, 5.41) is -1.21. The van der Waals surface area contributed by atoms with Gasteiger partial charge in [-0.05, 0) is 60.4 Å². The van der Waals surface area contributed by atoms with Crippen molar-refractivity contribution in [3.63, 3.8) is 0 Å². The van der Waals surface area contributed by atoms with E-state index in [2.05, 4.69) is 18.0 Å². The van der Waals surface area contributed by atoms with Crippen LogP contribution < -0.4 is 4.74 Å². The molecule has 2 aromatic rings. The summed E-state index contributed by atoms with van der Waals surface area (Å²) in [5.41, 5.74) is 3.08. The average Bonchev–Trinajstić information content (AvgIpc) is 3.10. The molecule has 2 heterocycles. The van der Waals surface area contributed by atoms with Gasteiger partial charge in [0.15, 0.2) is 0 Å². The van der Waals surface area contributed by atoms with Gasteiger partial charge in [-0.3, -0.25) is 14.6 Å². The van der Waals surface area contributed by atoms with Gasteiger partial charge in [0.05, 0.1) is 18.5 Å². The van der Waals surface area contributed by atoms with Crippen molar-refractivity contribution in [3.05, 3.63) is 59.4 Å². The van der Waals surface area contributed by atoms with Crippen LogP contribution in [0, 0.1) is 0 Å². The highest BCUT2D eigenvalue weighted by molar-refractivity contribution is 8.15. The molecule has 0 N–H and O–H groups in total. The number of nitrogens with zero attached hydrogens (tertiary/aromatic N) is 2. The van der Waals surface area contributed by atoms with E-state index in [1.54, 1.807) is 0 Å². The summed E-state index contributed by atoms with van der Waals surface area (Å²) in [4.78, 5) is 42.0. The van der Waals surface area contributed by atoms with Crippen LogP contribution in [0.1, 0.15) is 49.9 Å². The molecule has 1 aromatic heterocycles. The second-order valence-corrected chi connectivity index (χ2v) is 8.98. The minimum absolute atomic E-state index is 0.209. The van der Waals surface area contributed by atoms with Crippen molar-refractivity contribution in [2.45, 2.75) is 57.6 Å². The molecule has 0 spiro atoms. The highest BCUT2D eigenvalue weighted by Gasteiger charge is 2.44. The van der Waals surface area contributed by atoms with E-state index in [-0.39, 0.29) is 6.61 Å². The lowest BCUT2D eigenvalue weighted by atomic mass is 10.1. The Morgan fingerprint density at radius 2 is 1.79 bits per heavy atom. The number of ether oxygens (including phenoxy) is 2. The van der Waals surface area contributed by atoms with E-state index in [1.807, 2.05) is 43.5 Å². The van der Waals surface area contributed by atoms with Crippen molar-refractivity contribution in [2.24, 2.45) is 0 Å². The Morgan fingerprint density at radius 1 is 1.03 bits per heavy atom. The maximum atomic E-state index is 12.6. The summed E-state index contributed by atoms with van der Waals surface area (Å²) in [5.74, 6) is 0.204. The maximum absolute atomic E-state index is 12.6. The Morgan fingerprint density at radius 3 is 2.45 bits per heavy atom. The number of aromatic nitrogens is 1. The fourth-order valence-electron chi connectivity index (χ4n) is 3.35. The van der Waals surface area contributed by atoms with Crippen molar-refractivity contribution in [1.29, 1.82) is 0 Å². The quantitative estimate of drug-likeness (QED) is 0.417. The molecule has 1 saturated heterocycles. The molecule has 0 radical (unpaired) electrons. The lowest BCUT2D eigenvalue weighted by molar-refractivity contribution is -0.125. The smallest absolute Gasteiger partial charge is 0.424 e. The molecule has 0 saturated carbocycles. The van der Waals surface area contributed by atoms with Gasteiger partial charge in [0, 0.05) is 18.3 Å². The molecule has 176 valence electrons. The molecular formula is C25H30N2O5S. The van der Waals surface area contributed by atoms with Crippen LogP contribution in [0.5, 0.6) is 5.75 Å². The van der Waals surface area contributed by atoms with E-state index in [1.165, 1.54) is 5.56 Å². The van der Waals surface area contributed by atoms with Crippen LogP contribution in [0.2, 0.25) is 0 Å². The molecule has 1 aliphatic heterocycles. The van der Waals surface area contributed by atoms with E-state index in [0.29, 0.717) is 30.8 Å². The van der Waals surface area contributed by atoms with Crippen molar-refractivity contribution < 1.29 is 23.9 Å². The van der Waals surface area contributed by atoms with Gasteiger partial charge in [-0.15, -0.1) is 0 Å². The van der Waals surface area contributed by atoms with Gasteiger partial charge in [-0.25, -0.2) is 4.79 Å². The highest BCUT2D eigenvalue weighted by atomic mass is 32.2. The van der Waals surface area contributed by atoms with Crippen molar-refractivity contribution >= 4 is 29.0 Å². The number of benzene rings is 1. The number of unbranched alkanes of at least 4 members (excludes halogenated alkanes) is 2. The van der Waals surface area contributed by atoms with Crippen molar-refractivity contribution in [2.75, 3.05) is 13.2 Å². The minimum Gasteiger partial charge on any atom is -0.493 e. The number of carbonyl (C=O) groups is 3. The monoisotopic (exact) mass is 470 g/mol. The van der Waals surface area contributed by atoms with Crippen LogP contribution in [-0.2, 0) is 28.8 Å². The Kier molecular flexibility index (Phi) is 9.30. The summed E-state index contributed by atoms with van der Waals surface area (Å²) in [7, 11) is 0. The molecule has 1 unspecified atom stereocenters. The van der Waals surface area contributed by atoms with Crippen LogP contribution in [0.3, 0.4) is 0 Å². The Balaban J connectivity index is 1.46. The van der Waals surface area contributed by atoms with Crippen LogP contribution in [-0.4, -0.2) is 45.6 Å². The number of thioether (sulfide) groups is 1. The molecule has 1 aliphatic rings. The third kappa shape index (κ3) is 7.05. The van der Waals surface area contributed by atoms with E-state index in [4.69, 9.17) is 9.47 Å². The topological polar surface area (TPSA) is 85.8 Å². The first-order valence-electron chi connectivity index (χ1n) is 11.4. The number of pyridine rings is 1. The zero-order chi connectivity index (χ0) is 23.6. The Hall–Kier alpha value is -2.87. The molecule has 1 aromatic carbocycles. The first-order chi connectivity index (χ1) is 16.0. The summed E-state index contributed by atoms with van der Waals surface area (Å²) in [6.07, 6.45) is 5.68. The second kappa shape index (κ2) is 12.4. The molecule has 0 bridgehead atoms. The fourth-order valence-corrected chi connectivity index (χ4v) is 4.35. The molecular weight excluding hydrogens is 440 g/mol. The molecule has 1 fully saturated rings. The third-order valence-electron chi connectivity index (χ3n) is 5.34. The molecule has 1 atom stereocenters.